The lowest BCUT2D eigenvalue weighted by Gasteiger charge is -2.25. The Balaban J connectivity index is 4.01. The molecule has 9 heteroatoms. The zero-order chi connectivity index (χ0) is 44.2. The number of quaternary nitrogens is 1. The molecule has 0 aliphatic rings. The summed E-state index contributed by atoms with van der Waals surface area (Å²) in [7, 11) is 5.95. The van der Waals surface area contributed by atoms with E-state index in [0.29, 0.717) is 17.4 Å². The summed E-state index contributed by atoms with van der Waals surface area (Å²) < 4.78 is 22.6. The van der Waals surface area contributed by atoms with Crippen LogP contribution in [0.4, 0.5) is 0 Å². The van der Waals surface area contributed by atoms with Crippen molar-refractivity contribution >= 4 is 17.9 Å². The molecule has 0 amide bonds. The maximum atomic E-state index is 12.7. The van der Waals surface area contributed by atoms with Gasteiger partial charge in [0.1, 0.15) is 13.2 Å². The summed E-state index contributed by atoms with van der Waals surface area (Å²) >= 11 is 0. The minimum absolute atomic E-state index is 0.178. The number of likely N-dealkylation sites (N-methyl/N-ethyl adjacent to an activating group) is 1. The molecule has 0 heterocycles. The third-order valence-electron chi connectivity index (χ3n) is 11.0. The Morgan fingerprint density at radius 3 is 1.32 bits per heavy atom. The number of carboxylic acids is 1. The highest BCUT2D eigenvalue weighted by Crippen LogP contribution is 2.16. The molecule has 0 aliphatic carbocycles. The molecular formula is C51H96NO8+. The fourth-order valence-electron chi connectivity index (χ4n) is 7.04. The van der Waals surface area contributed by atoms with Gasteiger partial charge < -0.3 is 28.5 Å². The van der Waals surface area contributed by atoms with Crippen molar-refractivity contribution in [3.63, 3.8) is 0 Å². The minimum Gasteiger partial charge on any atom is -0.477 e. The van der Waals surface area contributed by atoms with E-state index >= 15 is 0 Å². The second-order valence-electron chi connectivity index (χ2n) is 18.1. The third-order valence-corrected chi connectivity index (χ3v) is 11.0. The number of carbonyl (C=O) groups is 3. The van der Waals surface area contributed by atoms with Crippen LogP contribution in [0.2, 0.25) is 0 Å². The first-order valence-corrected chi connectivity index (χ1v) is 25.0. The third kappa shape index (κ3) is 43.8. The van der Waals surface area contributed by atoms with Gasteiger partial charge in [-0.25, -0.2) is 4.79 Å². The van der Waals surface area contributed by atoms with Crippen LogP contribution in [0.3, 0.4) is 0 Å². The van der Waals surface area contributed by atoms with Gasteiger partial charge in [0.2, 0.25) is 0 Å². The number of hydrogen-bond acceptors (Lipinski definition) is 7. The maximum Gasteiger partial charge on any atom is 0.361 e. The van der Waals surface area contributed by atoms with Crippen LogP contribution in [-0.2, 0) is 33.3 Å². The number of allylic oxidation sites excluding steroid dienone is 4. The monoisotopic (exact) mass is 851 g/mol. The van der Waals surface area contributed by atoms with Crippen molar-refractivity contribution in [2.45, 2.75) is 238 Å². The Hall–Kier alpha value is -2.23. The van der Waals surface area contributed by atoms with E-state index in [4.69, 9.17) is 18.9 Å². The van der Waals surface area contributed by atoms with E-state index in [2.05, 4.69) is 38.2 Å². The number of unbranched alkanes of at least 4 members (excludes halogenated alkanes) is 27. The van der Waals surface area contributed by atoms with E-state index in [1.165, 1.54) is 154 Å². The van der Waals surface area contributed by atoms with Crippen LogP contribution in [-0.4, -0.2) is 87.4 Å². The molecule has 2 atom stereocenters. The van der Waals surface area contributed by atoms with E-state index in [0.717, 1.165) is 44.9 Å². The number of esters is 2. The Kier molecular flexibility index (Phi) is 41.8. The summed E-state index contributed by atoms with van der Waals surface area (Å²) in [5, 5.41) is 9.60. The molecule has 0 bridgehead atoms. The molecule has 9 nitrogen and oxygen atoms in total. The quantitative estimate of drug-likeness (QED) is 0.0212. The number of aliphatic carboxylic acids is 1. The van der Waals surface area contributed by atoms with Crippen molar-refractivity contribution < 1.29 is 42.9 Å². The van der Waals surface area contributed by atoms with Crippen LogP contribution >= 0.6 is 0 Å². The smallest absolute Gasteiger partial charge is 0.361 e. The van der Waals surface area contributed by atoms with Gasteiger partial charge >= 0.3 is 17.9 Å². The molecule has 0 spiro atoms. The molecule has 0 aliphatic heterocycles. The maximum absolute atomic E-state index is 12.7. The van der Waals surface area contributed by atoms with Gasteiger partial charge in [-0.3, -0.25) is 9.59 Å². The number of carbonyl (C=O) groups excluding carboxylic acids is 2. The predicted molar refractivity (Wildman–Crippen MR) is 249 cm³/mol. The van der Waals surface area contributed by atoms with Gasteiger partial charge in [-0.05, 0) is 44.9 Å². The van der Waals surface area contributed by atoms with Gasteiger partial charge in [-0.1, -0.05) is 192 Å². The van der Waals surface area contributed by atoms with Gasteiger partial charge in [0.15, 0.2) is 6.10 Å². The van der Waals surface area contributed by atoms with Crippen LogP contribution in [0.1, 0.15) is 226 Å². The molecule has 0 aromatic rings. The molecule has 0 aromatic heterocycles. The van der Waals surface area contributed by atoms with Crippen molar-refractivity contribution in [1.29, 1.82) is 0 Å². The van der Waals surface area contributed by atoms with Gasteiger partial charge in [-0.2, -0.15) is 0 Å². The van der Waals surface area contributed by atoms with Gasteiger partial charge in [0.05, 0.1) is 34.4 Å². The first kappa shape index (κ1) is 57.8. The lowest BCUT2D eigenvalue weighted by Crippen LogP contribution is -2.40. The molecule has 60 heavy (non-hydrogen) atoms. The Bertz CT molecular complexity index is 1040. The average molecular weight is 851 g/mol. The number of hydrogen-bond donors (Lipinski definition) is 1. The molecule has 0 radical (unpaired) electrons. The number of ether oxygens (including phenoxy) is 4. The van der Waals surface area contributed by atoms with Crippen LogP contribution in [0, 0.1) is 0 Å². The van der Waals surface area contributed by atoms with E-state index in [9.17, 15) is 19.5 Å². The molecule has 0 saturated heterocycles. The zero-order valence-electron chi connectivity index (χ0n) is 39.9. The SMILES string of the molecule is CCCCCCC/C=C\C/C=C\CCCCCCCCCCCCCCCCCCCC(=O)OC(COC(=O)CCCCCCCC)COC(OCC[N+](C)(C)C)C(=O)O. The van der Waals surface area contributed by atoms with Gasteiger partial charge in [-0.15, -0.1) is 0 Å². The first-order chi connectivity index (χ1) is 29.1. The summed E-state index contributed by atoms with van der Waals surface area (Å²) in [6, 6.07) is 0. The van der Waals surface area contributed by atoms with E-state index < -0.39 is 24.3 Å². The summed E-state index contributed by atoms with van der Waals surface area (Å²) in [6.07, 6.45) is 45.8. The Morgan fingerprint density at radius 1 is 0.500 bits per heavy atom. The fourth-order valence-corrected chi connectivity index (χ4v) is 7.04. The van der Waals surface area contributed by atoms with Crippen LogP contribution in [0.5, 0.6) is 0 Å². The fraction of sp³-hybridized carbons (Fsp3) is 0.863. The van der Waals surface area contributed by atoms with Crippen LogP contribution < -0.4 is 0 Å². The standard InChI is InChI=1S/C51H95NO8/c1-6-8-10-12-14-15-16-17-18-19-20-21-22-23-24-25-26-27-28-29-30-31-32-33-34-35-36-38-40-42-49(54)60-47(45-58-48(53)41-39-37-13-11-9-7-2)46-59-51(50(55)56)57-44-43-52(3,4)5/h16-17,19-20,47,51H,6-15,18,21-46H2,1-5H3/p+1/b17-16-,20-19-. The molecule has 0 saturated carbocycles. The Morgan fingerprint density at radius 2 is 0.900 bits per heavy atom. The molecule has 0 rings (SSSR count). The number of carboxylic acid groups (broad SMARTS) is 1. The van der Waals surface area contributed by atoms with Crippen molar-refractivity contribution in [1.82, 2.24) is 0 Å². The molecule has 1 N–H and O–H groups in total. The lowest BCUT2D eigenvalue weighted by molar-refractivity contribution is -0.870. The van der Waals surface area contributed by atoms with Crippen LogP contribution in [0.25, 0.3) is 0 Å². The summed E-state index contributed by atoms with van der Waals surface area (Å²) in [5.74, 6) is -2.01. The molecule has 2 unspecified atom stereocenters. The molecule has 0 aromatic carbocycles. The molecule has 352 valence electrons. The van der Waals surface area contributed by atoms with Crippen molar-refractivity contribution in [2.75, 3.05) is 47.5 Å². The second-order valence-corrected chi connectivity index (χ2v) is 18.1. The summed E-state index contributed by atoms with van der Waals surface area (Å²) in [5.41, 5.74) is 0. The highest BCUT2D eigenvalue weighted by molar-refractivity contribution is 5.71. The molecule has 0 fully saturated rings. The summed E-state index contributed by atoms with van der Waals surface area (Å²) in [4.78, 5) is 36.9. The first-order valence-electron chi connectivity index (χ1n) is 25.0. The Labute approximate surface area is 369 Å². The lowest BCUT2D eigenvalue weighted by atomic mass is 10.0. The van der Waals surface area contributed by atoms with E-state index in [-0.39, 0.29) is 32.2 Å². The highest BCUT2D eigenvalue weighted by Gasteiger charge is 2.25. The predicted octanol–water partition coefficient (Wildman–Crippen LogP) is 13.6. The highest BCUT2D eigenvalue weighted by atomic mass is 16.7. The minimum atomic E-state index is -1.50. The topological polar surface area (TPSA) is 108 Å². The van der Waals surface area contributed by atoms with Gasteiger partial charge in [0, 0.05) is 12.8 Å². The van der Waals surface area contributed by atoms with Crippen molar-refractivity contribution in [2.24, 2.45) is 0 Å². The number of rotatable bonds is 46. The van der Waals surface area contributed by atoms with Crippen molar-refractivity contribution in [3.05, 3.63) is 24.3 Å². The normalized spacial score (nSPS) is 13.0. The second kappa shape index (κ2) is 43.4. The molecular weight excluding hydrogens is 755 g/mol. The van der Waals surface area contributed by atoms with E-state index in [1.54, 1.807) is 0 Å². The van der Waals surface area contributed by atoms with E-state index in [1.807, 2.05) is 21.1 Å². The number of nitrogens with zero attached hydrogens (tertiary/aromatic N) is 1. The largest absolute Gasteiger partial charge is 0.477 e. The van der Waals surface area contributed by atoms with Crippen molar-refractivity contribution in [3.8, 4) is 0 Å². The average Bonchev–Trinajstić information content (AvgIpc) is 3.21. The summed E-state index contributed by atoms with van der Waals surface area (Å²) in [6.45, 7) is 4.81. The zero-order valence-corrected chi connectivity index (χ0v) is 39.9. The van der Waals surface area contributed by atoms with Crippen LogP contribution in [0.15, 0.2) is 24.3 Å². The van der Waals surface area contributed by atoms with Gasteiger partial charge in [0.25, 0.3) is 6.29 Å².